The van der Waals surface area contributed by atoms with Crippen LogP contribution in [0.2, 0.25) is 0 Å². The third-order valence-corrected chi connectivity index (χ3v) is 4.10. The van der Waals surface area contributed by atoms with Crippen molar-refractivity contribution < 1.29 is 9.18 Å². The van der Waals surface area contributed by atoms with Gasteiger partial charge >= 0.3 is 0 Å². The molecule has 0 spiro atoms. The van der Waals surface area contributed by atoms with E-state index in [2.05, 4.69) is 12.2 Å². The van der Waals surface area contributed by atoms with Gasteiger partial charge in [0.25, 0.3) is 5.91 Å². The van der Waals surface area contributed by atoms with Gasteiger partial charge in [0.05, 0.1) is 5.56 Å². The quantitative estimate of drug-likeness (QED) is 0.882. The number of carbonyl (C=O) groups is 1. The van der Waals surface area contributed by atoms with E-state index in [1.807, 2.05) is 6.92 Å². The molecule has 1 aliphatic carbocycles. The summed E-state index contributed by atoms with van der Waals surface area (Å²) in [6.45, 7) is 4.71. The molecule has 104 valence electrons. The van der Waals surface area contributed by atoms with Gasteiger partial charge in [-0.2, -0.15) is 0 Å². The summed E-state index contributed by atoms with van der Waals surface area (Å²) < 4.78 is 13.6. The second kappa shape index (κ2) is 5.72. The Kier molecular flexibility index (Phi) is 4.23. The molecule has 0 aromatic heterocycles. The van der Waals surface area contributed by atoms with Gasteiger partial charge in [-0.25, -0.2) is 4.39 Å². The molecular formula is C16H22FNO. The summed E-state index contributed by atoms with van der Waals surface area (Å²) in [6, 6.07) is 4.63. The monoisotopic (exact) mass is 263 g/mol. The lowest BCUT2D eigenvalue weighted by Crippen LogP contribution is -2.37. The maximum Gasteiger partial charge on any atom is 0.254 e. The van der Waals surface area contributed by atoms with Gasteiger partial charge in [0.15, 0.2) is 0 Å². The average Bonchev–Trinajstić information content (AvgIpc) is 2.40. The molecule has 0 heterocycles. The first kappa shape index (κ1) is 14.0. The summed E-state index contributed by atoms with van der Waals surface area (Å²) in [4.78, 5) is 12.1. The lowest BCUT2D eigenvalue weighted by atomic mass is 9.76. The number of hydrogen-bond acceptors (Lipinski definition) is 1. The molecule has 1 saturated carbocycles. The van der Waals surface area contributed by atoms with Crippen LogP contribution in [0, 0.1) is 18.2 Å². The molecule has 1 N–H and O–H groups in total. The number of rotatable bonds is 3. The molecular weight excluding hydrogens is 241 g/mol. The molecule has 1 amide bonds. The third-order valence-electron chi connectivity index (χ3n) is 4.10. The zero-order valence-corrected chi connectivity index (χ0v) is 11.8. The zero-order chi connectivity index (χ0) is 13.9. The molecule has 0 bridgehead atoms. The molecule has 19 heavy (non-hydrogen) atoms. The Morgan fingerprint density at radius 1 is 1.32 bits per heavy atom. The van der Waals surface area contributed by atoms with Crippen LogP contribution >= 0.6 is 0 Å². The van der Waals surface area contributed by atoms with Gasteiger partial charge in [0.2, 0.25) is 0 Å². The Balaban J connectivity index is 1.99. The van der Waals surface area contributed by atoms with E-state index in [4.69, 9.17) is 0 Å². The first-order valence-corrected chi connectivity index (χ1v) is 7.05. The molecule has 0 atom stereocenters. The summed E-state index contributed by atoms with van der Waals surface area (Å²) in [6.07, 6.45) is 6.03. The number of carbonyl (C=O) groups excluding carboxylic acids is 1. The highest BCUT2D eigenvalue weighted by Gasteiger charge is 2.27. The van der Waals surface area contributed by atoms with E-state index in [1.54, 1.807) is 12.1 Å². The lowest BCUT2D eigenvalue weighted by molar-refractivity contribution is 0.0915. The van der Waals surface area contributed by atoms with Gasteiger partial charge < -0.3 is 5.32 Å². The second-order valence-corrected chi connectivity index (χ2v) is 6.04. The van der Waals surface area contributed by atoms with Gasteiger partial charge in [0.1, 0.15) is 5.82 Å². The van der Waals surface area contributed by atoms with Gasteiger partial charge in [-0.1, -0.05) is 37.8 Å². The van der Waals surface area contributed by atoms with E-state index < -0.39 is 5.82 Å². The predicted octanol–water partition coefficient (Wildman–Crippen LogP) is 3.83. The van der Waals surface area contributed by atoms with Crippen LogP contribution in [-0.2, 0) is 0 Å². The standard InChI is InChI=1S/C16H22FNO/c1-12-6-7-14(17)13(10-12)15(19)18-11-16(2)8-4-3-5-9-16/h6-7,10H,3-5,8-9,11H2,1-2H3,(H,18,19). The normalized spacial score (nSPS) is 18.1. The Hall–Kier alpha value is -1.38. The third kappa shape index (κ3) is 3.55. The van der Waals surface area contributed by atoms with E-state index in [1.165, 1.54) is 25.3 Å². The Morgan fingerprint density at radius 3 is 2.68 bits per heavy atom. The molecule has 0 unspecified atom stereocenters. The maximum atomic E-state index is 13.6. The van der Waals surface area contributed by atoms with Crippen molar-refractivity contribution in [1.82, 2.24) is 5.32 Å². The SMILES string of the molecule is Cc1ccc(F)c(C(=O)NCC2(C)CCCCC2)c1. The fraction of sp³-hybridized carbons (Fsp3) is 0.562. The zero-order valence-electron chi connectivity index (χ0n) is 11.8. The minimum Gasteiger partial charge on any atom is -0.351 e. The molecule has 0 aliphatic heterocycles. The van der Waals surface area contributed by atoms with Crippen LogP contribution in [-0.4, -0.2) is 12.5 Å². The van der Waals surface area contributed by atoms with Crippen molar-refractivity contribution in [1.29, 1.82) is 0 Å². The van der Waals surface area contributed by atoms with Crippen molar-refractivity contribution in [3.8, 4) is 0 Å². The van der Waals surface area contributed by atoms with Gasteiger partial charge in [-0.05, 0) is 37.3 Å². The van der Waals surface area contributed by atoms with Crippen molar-refractivity contribution in [2.24, 2.45) is 5.41 Å². The van der Waals surface area contributed by atoms with Crippen LogP contribution < -0.4 is 5.32 Å². The smallest absolute Gasteiger partial charge is 0.254 e. The first-order valence-electron chi connectivity index (χ1n) is 7.05. The summed E-state index contributed by atoms with van der Waals surface area (Å²) >= 11 is 0. The minimum atomic E-state index is -0.447. The van der Waals surface area contributed by atoms with Gasteiger partial charge in [-0.15, -0.1) is 0 Å². The fourth-order valence-electron chi connectivity index (χ4n) is 2.78. The predicted molar refractivity (Wildman–Crippen MR) is 74.7 cm³/mol. The van der Waals surface area contributed by atoms with Crippen LogP contribution in [0.4, 0.5) is 4.39 Å². The van der Waals surface area contributed by atoms with Crippen molar-refractivity contribution in [3.63, 3.8) is 0 Å². The van der Waals surface area contributed by atoms with Crippen molar-refractivity contribution >= 4 is 5.91 Å². The number of nitrogens with one attached hydrogen (secondary N) is 1. The highest BCUT2D eigenvalue weighted by Crippen LogP contribution is 2.34. The molecule has 0 radical (unpaired) electrons. The summed E-state index contributed by atoms with van der Waals surface area (Å²) in [5, 5.41) is 2.90. The highest BCUT2D eigenvalue weighted by molar-refractivity contribution is 5.94. The maximum absolute atomic E-state index is 13.6. The fourth-order valence-corrected chi connectivity index (χ4v) is 2.78. The van der Waals surface area contributed by atoms with Crippen molar-refractivity contribution in [2.75, 3.05) is 6.54 Å². The van der Waals surface area contributed by atoms with Gasteiger partial charge in [-0.3, -0.25) is 4.79 Å². The van der Waals surface area contributed by atoms with Crippen molar-refractivity contribution in [2.45, 2.75) is 46.0 Å². The largest absolute Gasteiger partial charge is 0.351 e. The van der Waals surface area contributed by atoms with Crippen LogP contribution in [0.3, 0.4) is 0 Å². The topological polar surface area (TPSA) is 29.1 Å². The second-order valence-electron chi connectivity index (χ2n) is 6.04. The van der Waals surface area contributed by atoms with Crippen LogP contribution in [0.25, 0.3) is 0 Å². The molecule has 1 aromatic rings. The summed E-state index contributed by atoms with van der Waals surface area (Å²) in [5.41, 5.74) is 1.23. The lowest BCUT2D eigenvalue weighted by Gasteiger charge is -2.33. The number of halogens is 1. The Bertz CT molecular complexity index is 464. The van der Waals surface area contributed by atoms with Crippen LogP contribution in [0.5, 0.6) is 0 Å². The first-order chi connectivity index (χ1) is 9.00. The summed E-state index contributed by atoms with van der Waals surface area (Å²) in [7, 11) is 0. The number of hydrogen-bond donors (Lipinski definition) is 1. The van der Waals surface area contributed by atoms with Gasteiger partial charge in [0, 0.05) is 6.54 Å². The highest BCUT2D eigenvalue weighted by atomic mass is 19.1. The average molecular weight is 263 g/mol. The molecule has 3 heteroatoms. The number of amides is 1. The van der Waals surface area contributed by atoms with Crippen LogP contribution in [0.1, 0.15) is 54.9 Å². The van der Waals surface area contributed by atoms with E-state index in [9.17, 15) is 9.18 Å². The molecule has 2 rings (SSSR count). The van der Waals surface area contributed by atoms with Crippen LogP contribution in [0.15, 0.2) is 18.2 Å². The summed E-state index contributed by atoms with van der Waals surface area (Å²) in [5.74, 6) is -0.745. The molecule has 1 aliphatic rings. The van der Waals surface area contributed by atoms with E-state index in [0.29, 0.717) is 6.54 Å². The molecule has 1 aromatic carbocycles. The van der Waals surface area contributed by atoms with E-state index >= 15 is 0 Å². The van der Waals surface area contributed by atoms with E-state index in [0.717, 1.165) is 18.4 Å². The molecule has 2 nitrogen and oxygen atoms in total. The number of aryl methyl sites for hydroxylation is 1. The molecule has 0 saturated heterocycles. The number of benzene rings is 1. The molecule has 1 fully saturated rings. The Labute approximate surface area is 114 Å². The van der Waals surface area contributed by atoms with Crippen molar-refractivity contribution in [3.05, 3.63) is 35.1 Å². The van der Waals surface area contributed by atoms with E-state index in [-0.39, 0.29) is 16.9 Å². The minimum absolute atomic E-state index is 0.152. The Morgan fingerprint density at radius 2 is 2.00 bits per heavy atom.